The van der Waals surface area contributed by atoms with E-state index in [1.807, 2.05) is 0 Å². The van der Waals surface area contributed by atoms with Crippen LogP contribution in [0.2, 0.25) is 0 Å². The molecule has 0 aliphatic carbocycles. The van der Waals surface area contributed by atoms with Crippen LogP contribution in [0.5, 0.6) is 0 Å². The van der Waals surface area contributed by atoms with Gasteiger partial charge in [-0.15, -0.1) is 5.10 Å². The molecule has 4 rings (SSSR count). The molecular formula is C17H11FN4O2. The highest BCUT2D eigenvalue weighted by Gasteiger charge is 2.10. The maximum absolute atomic E-state index is 13.0. The number of halogens is 1. The lowest BCUT2D eigenvalue weighted by Gasteiger charge is -2.02. The standard InChI is InChI=1S/C17H11FN4O2/c18-12-7-5-11(6-8-12)15-9-19-16(24-15)10-22-17(23)13-3-1-2-4-14(13)20-21-22/h1-9H,10H2. The summed E-state index contributed by atoms with van der Waals surface area (Å²) >= 11 is 0. The predicted molar refractivity (Wildman–Crippen MR) is 84.8 cm³/mol. The summed E-state index contributed by atoms with van der Waals surface area (Å²) in [6.07, 6.45) is 1.53. The summed E-state index contributed by atoms with van der Waals surface area (Å²) < 4.78 is 19.8. The molecule has 0 atom stereocenters. The SMILES string of the molecule is O=c1c2ccccc2nnn1Cc1ncc(-c2ccc(F)cc2)o1. The summed E-state index contributed by atoms with van der Waals surface area (Å²) in [7, 11) is 0. The van der Waals surface area contributed by atoms with Crippen molar-refractivity contribution in [1.29, 1.82) is 0 Å². The quantitative estimate of drug-likeness (QED) is 0.580. The van der Waals surface area contributed by atoms with Crippen LogP contribution < -0.4 is 5.56 Å². The molecule has 0 fully saturated rings. The van der Waals surface area contributed by atoms with Gasteiger partial charge in [-0.2, -0.15) is 0 Å². The first kappa shape index (κ1) is 14.3. The highest BCUT2D eigenvalue weighted by Crippen LogP contribution is 2.20. The Bertz CT molecular complexity index is 1070. The zero-order chi connectivity index (χ0) is 16.5. The Labute approximate surface area is 135 Å². The van der Waals surface area contributed by atoms with Crippen molar-refractivity contribution >= 4 is 10.9 Å². The fraction of sp³-hybridized carbons (Fsp3) is 0.0588. The van der Waals surface area contributed by atoms with Gasteiger partial charge in [0.15, 0.2) is 5.76 Å². The van der Waals surface area contributed by atoms with Crippen molar-refractivity contribution in [1.82, 2.24) is 20.0 Å². The first-order valence-corrected chi connectivity index (χ1v) is 7.24. The summed E-state index contributed by atoms with van der Waals surface area (Å²) in [6.45, 7) is 0.0673. The van der Waals surface area contributed by atoms with E-state index in [0.717, 1.165) is 0 Å². The minimum Gasteiger partial charge on any atom is -0.439 e. The summed E-state index contributed by atoms with van der Waals surface area (Å²) in [5.41, 5.74) is 0.979. The van der Waals surface area contributed by atoms with Crippen LogP contribution in [0.3, 0.4) is 0 Å². The summed E-state index contributed by atoms with van der Waals surface area (Å²) in [6, 6.07) is 12.9. The molecule has 0 aliphatic rings. The molecule has 24 heavy (non-hydrogen) atoms. The molecule has 0 N–H and O–H groups in total. The summed E-state index contributed by atoms with van der Waals surface area (Å²) in [5.74, 6) is 0.490. The van der Waals surface area contributed by atoms with Gasteiger partial charge in [-0.3, -0.25) is 4.79 Å². The van der Waals surface area contributed by atoms with Crippen molar-refractivity contribution < 1.29 is 8.81 Å². The Hall–Kier alpha value is -3.35. The predicted octanol–water partition coefficient (Wildman–Crippen LogP) is 2.63. The van der Waals surface area contributed by atoms with Gasteiger partial charge in [0.1, 0.15) is 17.9 Å². The molecule has 2 heterocycles. The van der Waals surface area contributed by atoms with Crippen LogP contribution >= 0.6 is 0 Å². The highest BCUT2D eigenvalue weighted by molar-refractivity contribution is 5.76. The lowest BCUT2D eigenvalue weighted by Crippen LogP contribution is -2.24. The van der Waals surface area contributed by atoms with Gasteiger partial charge in [0.2, 0.25) is 5.89 Å². The topological polar surface area (TPSA) is 73.8 Å². The molecule has 7 heteroatoms. The van der Waals surface area contributed by atoms with Crippen LogP contribution in [0.4, 0.5) is 4.39 Å². The van der Waals surface area contributed by atoms with Gasteiger partial charge in [-0.1, -0.05) is 17.3 Å². The maximum atomic E-state index is 13.0. The monoisotopic (exact) mass is 322 g/mol. The van der Waals surface area contributed by atoms with E-state index in [9.17, 15) is 9.18 Å². The van der Waals surface area contributed by atoms with E-state index in [4.69, 9.17) is 4.42 Å². The van der Waals surface area contributed by atoms with Gasteiger partial charge >= 0.3 is 0 Å². The van der Waals surface area contributed by atoms with Crippen LogP contribution in [0.1, 0.15) is 5.89 Å². The molecule has 0 bridgehead atoms. The highest BCUT2D eigenvalue weighted by atomic mass is 19.1. The lowest BCUT2D eigenvalue weighted by atomic mass is 10.2. The van der Waals surface area contributed by atoms with Crippen LogP contribution in [0.15, 0.2) is 63.9 Å². The lowest BCUT2D eigenvalue weighted by molar-refractivity contribution is 0.458. The summed E-state index contributed by atoms with van der Waals surface area (Å²) in [5, 5.41) is 8.40. The number of hydrogen-bond acceptors (Lipinski definition) is 5. The molecule has 0 aliphatic heterocycles. The smallest absolute Gasteiger partial charge is 0.278 e. The largest absolute Gasteiger partial charge is 0.439 e. The molecule has 0 saturated carbocycles. The van der Waals surface area contributed by atoms with Gasteiger partial charge in [0.25, 0.3) is 5.56 Å². The van der Waals surface area contributed by atoms with Gasteiger partial charge in [-0.25, -0.2) is 14.1 Å². The minimum absolute atomic E-state index is 0.0673. The molecule has 6 nitrogen and oxygen atoms in total. The number of fused-ring (bicyclic) bond motifs is 1. The fourth-order valence-electron chi connectivity index (χ4n) is 2.39. The fourth-order valence-corrected chi connectivity index (χ4v) is 2.39. The van der Waals surface area contributed by atoms with E-state index < -0.39 is 0 Å². The summed E-state index contributed by atoms with van der Waals surface area (Å²) in [4.78, 5) is 16.5. The van der Waals surface area contributed by atoms with Gasteiger partial charge in [0.05, 0.1) is 11.6 Å². The second-order valence-electron chi connectivity index (χ2n) is 5.19. The second kappa shape index (κ2) is 5.69. The van der Waals surface area contributed by atoms with E-state index in [0.29, 0.717) is 28.1 Å². The Morgan fingerprint density at radius 2 is 1.88 bits per heavy atom. The van der Waals surface area contributed by atoms with Crippen molar-refractivity contribution in [2.75, 3.05) is 0 Å². The molecule has 0 spiro atoms. The van der Waals surface area contributed by atoms with Crippen LogP contribution in [-0.2, 0) is 6.54 Å². The van der Waals surface area contributed by atoms with E-state index in [2.05, 4.69) is 15.3 Å². The average Bonchev–Trinajstić information content (AvgIpc) is 3.07. The molecule has 118 valence electrons. The molecule has 4 aromatic rings. The molecule has 0 amide bonds. The number of rotatable bonds is 3. The number of oxazole rings is 1. The van der Waals surface area contributed by atoms with Gasteiger partial charge in [0, 0.05) is 5.56 Å². The third-order valence-electron chi connectivity index (χ3n) is 3.60. The van der Waals surface area contributed by atoms with Crippen LogP contribution in [0, 0.1) is 5.82 Å². The molecule has 2 aromatic carbocycles. The van der Waals surface area contributed by atoms with Crippen LogP contribution in [-0.4, -0.2) is 20.0 Å². The molecular weight excluding hydrogens is 311 g/mol. The first-order chi connectivity index (χ1) is 11.7. The van der Waals surface area contributed by atoms with E-state index in [-0.39, 0.29) is 17.9 Å². The van der Waals surface area contributed by atoms with Crippen molar-refractivity contribution in [3.8, 4) is 11.3 Å². The second-order valence-corrected chi connectivity index (χ2v) is 5.19. The normalized spacial score (nSPS) is 11.0. The van der Waals surface area contributed by atoms with Crippen molar-refractivity contribution in [3.05, 3.63) is 76.8 Å². The van der Waals surface area contributed by atoms with Crippen LogP contribution in [0.25, 0.3) is 22.2 Å². The minimum atomic E-state index is -0.323. The average molecular weight is 322 g/mol. The first-order valence-electron chi connectivity index (χ1n) is 7.24. The molecule has 0 radical (unpaired) electrons. The Morgan fingerprint density at radius 1 is 1.08 bits per heavy atom. The Kier molecular flexibility index (Phi) is 3.38. The van der Waals surface area contributed by atoms with Crippen molar-refractivity contribution in [3.63, 3.8) is 0 Å². The Balaban J connectivity index is 1.66. The maximum Gasteiger partial charge on any atom is 0.278 e. The van der Waals surface area contributed by atoms with E-state index in [1.54, 1.807) is 36.4 Å². The van der Waals surface area contributed by atoms with E-state index >= 15 is 0 Å². The van der Waals surface area contributed by atoms with Crippen molar-refractivity contribution in [2.45, 2.75) is 6.54 Å². The molecule has 0 unspecified atom stereocenters. The van der Waals surface area contributed by atoms with Gasteiger partial charge < -0.3 is 4.42 Å². The number of benzene rings is 2. The third-order valence-corrected chi connectivity index (χ3v) is 3.60. The number of aromatic nitrogens is 4. The number of hydrogen-bond donors (Lipinski definition) is 0. The molecule has 0 saturated heterocycles. The zero-order valence-electron chi connectivity index (χ0n) is 12.4. The third kappa shape index (κ3) is 2.56. The zero-order valence-corrected chi connectivity index (χ0v) is 12.4. The van der Waals surface area contributed by atoms with Crippen molar-refractivity contribution in [2.24, 2.45) is 0 Å². The van der Waals surface area contributed by atoms with E-state index in [1.165, 1.54) is 23.0 Å². The molecule has 2 aromatic heterocycles. The number of nitrogens with zero attached hydrogens (tertiary/aromatic N) is 4. The van der Waals surface area contributed by atoms with Gasteiger partial charge in [-0.05, 0) is 36.4 Å². The Morgan fingerprint density at radius 3 is 2.71 bits per heavy atom.